The van der Waals surface area contributed by atoms with E-state index in [1.54, 1.807) is 97.1 Å². The molecule has 4 aliphatic heterocycles. The second-order valence-electron chi connectivity index (χ2n) is 19.1. The van der Waals surface area contributed by atoms with E-state index in [-0.39, 0.29) is 0 Å². The summed E-state index contributed by atoms with van der Waals surface area (Å²) < 4.78 is 25.4. The van der Waals surface area contributed by atoms with Crippen molar-refractivity contribution in [1.29, 1.82) is 0 Å². The van der Waals surface area contributed by atoms with Crippen LogP contribution in [0.1, 0.15) is 22.3 Å². The molecule has 0 saturated carbocycles. The van der Waals surface area contributed by atoms with Crippen molar-refractivity contribution in [2.45, 2.75) is 11.8 Å². The molecular weight excluding hydrogens is 1040 g/mol. The highest BCUT2D eigenvalue weighted by atomic mass is 16.5. The first-order chi connectivity index (χ1) is 39.8. The molecule has 0 spiro atoms. The number of ether oxygens (including phenoxy) is 4. The smallest absolute Gasteiger partial charge is 0.258 e. The molecule has 0 unspecified atom stereocenters. The number of amides is 8. The average molecular weight is 1080 g/mol. The Morgan fingerprint density at radius 1 is 0.256 bits per heavy atom. The van der Waals surface area contributed by atoms with Gasteiger partial charge in [-0.25, -0.2) is 19.6 Å². The molecule has 0 saturated heterocycles. The van der Waals surface area contributed by atoms with Gasteiger partial charge in [0.1, 0.15) is 46.0 Å². The van der Waals surface area contributed by atoms with Gasteiger partial charge in [0.15, 0.2) is 0 Å². The predicted octanol–water partition coefficient (Wildman–Crippen LogP) is 11.2. The summed E-state index contributed by atoms with van der Waals surface area (Å²) in [6.07, 6.45) is 10.1. The maximum absolute atomic E-state index is 12.6. The Hall–Kier alpha value is -11.5. The highest BCUT2D eigenvalue weighted by Gasteiger charge is 2.38. The Morgan fingerprint density at radius 2 is 0.476 bits per heavy atom. The van der Waals surface area contributed by atoms with Crippen molar-refractivity contribution in [3.63, 3.8) is 0 Å². The van der Waals surface area contributed by atoms with Crippen molar-refractivity contribution in [2.75, 3.05) is 19.6 Å². The van der Waals surface area contributed by atoms with Crippen molar-refractivity contribution in [2.24, 2.45) is 0 Å². The van der Waals surface area contributed by atoms with Gasteiger partial charge in [-0.15, -0.1) is 0 Å². The fourth-order valence-electron chi connectivity index (χ4n) is 10.1. The molecule has 0 atom stereocenters. The summed E-state index contributed by atoms with van der Waals surface area (Å²) in [5.74, 6) is -0.178. The number of hydrogen-bond donors (Lipinski definition) is 0. The molecule has 82 heavy (non-hydrogen) atoms. The SMILES string of the molecule is O=C1C=CC(=O)N1c1cccc(Oc2ccc(CC(c3ccc(Oc4cccc(N5C(=O)C=CC5=O)c4)cc3)(c3ccc(Oc4cccc(N5C(=O)C=CC5=O)c4)cc3)c3ccc(Oc4cccc(N5C(=O)C=CC5=O)c4)cc3)cc2)c1. The van der Waals surface area contributed by atoms with Crippen LogP contribution in [-0.4, -0.2) is 47.3 Å². The second kappa shape index (κ2) is 21.4. The molecule has 0 radical (unpaired) electrons. The van der Waals surface area contributed by atoms with Crippen LogP contribution in [0.15, 0.2) is 243 Å². The van der Waals surface area contributed by atoms with Crippen molar-refractivity contribution in [1.82, 2.24) is 0 Å². The summed E-state index contributed by atoms with van der Waals surface area (Å²) in [6.45, 7) is 0. The van der Waals surface area contributed by atoms with Crippen molar-refractivity contribution < 1.29 is 57.3 Å². The van der Waals surface area contributed by atoms with Gasteiger partial charge in [-0.3, -0.25) is 38.4 Å². The number of nitrogens with zero attached hydrogens (tertiary/aromatic N) is 4. The Morgan fingerprint density at radius 3 is 0.707 bits per heavy atom. The zero-order valence-corrected chi connectivity index (χ0v) is 43.0. The molecule has 8 aromatic carbocycles. The van der Waals surface area contributed by atoms with E-state index in [0.717, 1.165) is 41.9 Å². The minimum Gasteiger partial charge on any atom is -0.457 e. The fraction of sp³-hybridized carbons (Fsp3) is 0.0303. The Balaban J connectivity index is 0.917. The lowest BCUT2D eigenvalue weighted by atomic mass is 9.66. The number of benzene rings is 8. The van der Waals surface area contributed by atoms with E-state index in [1.165, 1.54) is 48.6 Å². The van der Waals surface area contributed by atoms with E-state index in [4.69, 9.17) is 18.9 Å². The monoisotopic (exact) mass is 1080 g/mol. The summed E-state index contributed by atoms with van der Waals surface area (Å²) in [5, 5.41) is 0. The van der Waals surface area contributed by atoms with E-state index in [0.29, 0.717) is 75.2 Å². The summed E-state index contributed by atoms with van der Waals surface area (Å²) in [6, 6.07) is 57.1. The lowest BCUT2D eigenvalue weighted by Gasteiger charge is -2.37. The van der Waals surface area contributed by atoms with E-state index < -0.39 is 52.7 Å². The number of anilines is 4. The Kier molecular flexibility index (Phi) is 13.4. The van der Waals surface area contributed by atoms with Crippen LogP contribution >= 0.6 is 0 Å². The number of carbonyl (C=O) groups is 8. The lowest BCUT2D eigenvalue weighted by Crippen LogP contribution is -2.32. The zero-order chi connectivity index (χ0) is 56.5. The minimum atomic E-state index is -1.01. The van der Waals surface area contributed by atoms with Gasteiger partial charge in [-0.05, 0) is 126 Å². The second-order valence-corrected chi connectivity index (χ2v) is 19.1. The van der Waals surface area contributed by atoms with Crippen LogP contribution in [0.2, 0.25) is 0 Å². The molecule has 8 aromatic rings. The first-order valence-electron chi connectivity index (χ1n) is 25.6. The Bertz CT molecular complexity index is 3700. The van der Waals surface area contributed by atoms with E-state index in [9.17, 15) is 38.4 Å². The summed E-state index contributed by atoms with van der Waals surface area (Å²) in [4.78, 5) is 105. The minimum absolute atomic E-state index is 0.353. The quantitative estimate of drug-likeness (QED) is 0.0621. The van der Waals surface area contributed by atoms with E-state index in [1.807, 2.05) is 97.1 Å². The molecule has 12 rings (SSSR count). The highest BCUT2D eigenvalue weighted by Crippen LogP contribution is 2.45. The molecule has 4 heterocycles. The zero-order valence-electron chi connectivity index (χ0n) is 43.0. The van der Waals surface area contributed by atoms with Gasteiger partial charge < -0.3 is 18.9 Å². The normalized spacial score (nSPS) is 14.8. The average Bonchev–Trinajstić information content (AvgIpc) is 4.28. The molecule has 16 heteroatoms. The first-order valence-corrected chi connectivity index (χ1v) is 25.6. The van der Waals surface area contributed by atoms with Crippen LogP contribution in [-0.2, 0) is 50.2 Å². The highest BCUT2D eigenvalue weighted by molar-refractivity contribution is 6.30. The standard InChI is InChI=1S/C66H42N4O12/c71-58-29-30-59(72)67(58)46-5-1-9-54(37-46)79-50-21-13-42(14-22-50)41-66(43-15-23-51(24-16-43)80-55-10-2-6-47(38-55)68-60(73)31-32-61(68)74,44-17-25-52(26-18-44)81-56-11-3-7-48(39-56)69-62(75)33-34-63(69)76)45-19-27-53(28-20-45)82-57-12-4-8-49(40-57)70-64(77)35-36-65(70)78/h1-40H,41H2. The maximum atomic E-state index is 12.6. The van der Waals surface area contributed by atoms with Gasteiger partial charge in [-0.1, -0.05) is 72.8 Å². The molecule has 0 N–H and O–H groups in total. The van der Waals surface area contributed by atoms with Gasteiger partial charge in [0.05, 0.1) is 22.7 Å². The topological polar surface area (TPSA) is 186 Å². The van der Waals surface area contributed by atoms with Crippen LogP contribution in [0.25, 0.3) is 0 Å². The molecule has 4 aliphatic rings. The maximum Gasteiger partial charge on any atom is 0.258 e. The number of hydrogen-bond acceptors (Lipinski definition) is 12. The van der Waals surface area contributed by atoms with Crippen LogP contribution in [0.5, 0.6) is 46.0 Å². The van der Waals surface area contributed by atoms with Crippen molar-refractivity contribution >= 4 is 70.0 Å². The molecule has 0 aliphatic carbocycles. The van der Waals surface area contributed by atoms with Gasteiger partial charge in [-0.2, -0.15) is 0 Å². The number of carbonyl (C=O) groups excluding carboxylic acids is 8. The first kappa shape index (κ1) is 51.2. The van der Waals surface area contributed by atoms with Gasteiger partial charge in [0.25, 0.3) is 47.3 Å². The van der Waals surface area contributed by atoms with Crippen LogP contribution < -0.4 is 38.5 Å². The fourth-order valence-corrected chi connectivity index (χ4v) is 10.1. The summed E-state index contributed by atoms with van der Waals surface area (Å²) in [7, 11) is 0. The van der Waals surface area contributed by atoms with Gasteiger partial charge >= 0.3 is 0 Å². The van der Waals surface area contributed by atoms with Gasteiger partial charge in [0, 0.05) is 78.3 Å². The Labute approximate surface area is 467 Å². The molecule has 16 nitrogen and oxygen atoms in total. The third kappa shape index (κ3) is 10.1. The van der Waals surface area contributed by atoms with Crippen LogP contribution in [0, 0.1) is 0 Å². The van der Waals surface area contributed by atoms with Crippen LogP contribution in [0.4, 0.5) is 22.7 Å². The van der Waals surface area contributed by atoms with Crippen LogP contribution in [0.3, 0.4) is 0 Å². The van der Waals surface area contributed by atoms with Gasteiger partial charge in [0.2, 0.25) is 0 Å². The van der Waals surface area contributed by atoms with E-state index in [2.05, 4.69) is 0 Å². The molecule has 0 bridgehead atoms. The third-order valence-electron chi connectivity index (χ3n) is 13.9. The van der Waals surface area contributed by atoms with Crippen molar-refractivity contribution in [3.05, 3.63) is 265 Å². The summed E-state index contributed by atoms with van der Waals surface area (Å²) in [5.41, 5.74) is 3.80. The molecular formula is C66H42N4O12. The van der Waals surface area contributed by atoms with Crippen molar-refractivity contribution in [3.8, 4) is 46.0 Å². The molecule has 0 aromatic heterocycles. The van der Waals surface area contributed by atoms with E-state index >= 15 is 0 Å². The largest absolute Gasteiger partial charge is 0.457 e. The predicted molar refractivity (Wildman–Crippen MR) is 302 cm³/mol. The number of imide groups is 4. The lowest BCUT2D eigenvalue weighted by molar-refractivity contribution is -0.121. The third-order valence-corrected chi connectivity index (χ3v) is 13.9. The molecule has 0 fully saturated rings. The molecule has 398 valence electrons. The summed E-state index contributed by atoms with van der Waals surface area (Å²) >= 11 is 0. The molecule has 8 amide bonds. The number of rotatable bonds is 17.